The van der Waals surface area contributed by atoms with Gasteiger partial charge in [-0.25, -0.2) is 4.39 Å². The highest BCUT2D eigenvalue weighted by Gasteiger charge is 2.32. The van der Waals surface area contributed by atoms with Crippen LogP contribution in [0, 0.1) is 0 Å². The van der Waals surface area contributed by atoms with Crippen LogP contribution < -0.4 is 9.79 Å². The third kappa shape index (κ3) is 0.600. The molecule has 0 saturated heterocycles. The number of alkyl halides is 1. The van der Waals surface area contributed by atoms with Crippen LogP contribution >= 0.6 is 0 Å². The molecule has 0 bridgehead atoms. The van der Waals surface area contributed by atoms with E-state index < -0.39 is 12.1 Å². The predicted molar refractivity (Wildman–Crippen MR) is 24.7 cm³/mol. The summed E-state index contributed by atoms with van der Waals surface area (Å²) in [6, 6.07) is 0. The number of hydrogen-bond acceptors (Lipinski definition) is 3. The molecular weight excluding hydrogens is 139 g/mol. The van der Waals surface area contributed by atoms with E-state index in [1.165, 1.54) is 4.68 Å². The summed E-state index contributed by atoms with van der Waals surface area (Å²) in [6.45, 7) is 0.154. The fourth-order valence-corrected chi connectivity index (χ4v) is 1.09. The Hall–Kier alpha value is -1.13. The molecule has 1 aromatic heterocycles. The molecule has 10 heavy (non-hydrogen) atoms. The lowest BCUT2D eigenvalue weighted by atomic mass is 10.3. The fourth-order valence-electron chi connectivity index (χ4n) is 1.09. The Balaban J connectivity index is 2.44. The van der Waals surface area contributed by atoms with Crippen molar-refractivity contribution < 1.29 is 18.7 Å². The number of nitrogens with zero attached hydrogens (tertiary/aromatic N) is 2. The Morgan fingerprint density at radius 2 is 2.60 bits per heavy atom. The van der Waals surface area contributed by atoms with Gasteiger partial charge in [0.05, 0.1) is 11.7 Å². The van der Waals surface area contributed by atoms with Gasteiger partial charge in [0.15, 0.2) is 12.1 Å². The summed E-state index contributed by atoms with van der Waals surface area (Å²) < 4.78 is 18.0. The zero-order valence-electron chi connectivity index (χ0n) is 5.08. The molecule has 0 spiro atoms. The van der Waals surface area contributed by atoms with Gasteiger partial charge in [-0.3, -0.25) is 0 Å². The molecule has 0 amide bonds. The Bertz CT molecular complexity index is 260. The van der Waals surface area contributed by atoms with Gasteiger partial charge in [-0.1, -0.05) is 4.68 Å². The molecule has 0 fully saturated rings. The molecule has 5 heteroatoms. The van der Waals surface area contributed by atoms with Gasteiger partial charge in [0, 0.05) is 0 Å². The van der Waals surface area contributed by atoms with Crippen molar-refractivity contribution >= 4 is 0 Å². The van der Waals surface area contributed by atoms with Gasteiger partial charge in [-0.15, -0.1) is 0 Å². The van der Waals surface area contributed by atoms with E-state index in [4.69, 9.17) is 0 Å². The van der Waals surface area contributed by atoms with Crippen LogP contribution in [0.3, 0.4) is 0 Å². The minimum Gasteiger partial charge on any atom is -0.539 e. The van der Waals surface area contributed by atoms with Gasteiger partial charge in [0.25, 0.3) is 0 Å². The van der Waals surface area contributed by atoms with Crippen molar-refractivity contribution in [3.8, 4) is 5.95 Å². The van der Waals surface area contributed by atoms with Crippen LogP contribution in [0.2, 0.25) is 0 Å². The van der Waals surface area contributed by atoms with E-state index in [9.17, 15) is 9.50 Å². The smallest absolute Gasteiger partial charge is 0.236 e. The summed E-state index contributed by atoms with van der Waals surface area (Å²) in [7, 11) is 0. The van der Waals surface area contributed by atoms with E-state index >= 15 is 0 Å². The molecule has 1 aliphatic heterocycles. The predicted octanol–water partition coefficient (Wildman–Crippen LogP) is -1.07. The maximum atomic E-state index is 12.5. The maximum absolute atomic E-state index is 12.5. The fraction of sp³-hybridized carbons (Fsp3) is 0.600. The molecule has 1 aromatic rings. The SMILES string of the molecule is [O-]c1on[n+]2c1C[C@H](F)C2. The van der Waals surface area contributed by atoms with Gasteiger partial charge in [0.1, 0.15) is 0 Å². The van der Waals surface area contributed by atoms with Crippen molar-refractivity contribution in [3.05, 3.63) is 5.69 Å². The summed E-state index contributed by atoms with van der Waals surface area (Å²) in [6.07, 6.45) is -0.825. The molecule has 4 nitrogen and oxygen atoms in total. The second kappa shape index (κ2) is 1.68. The van der Waals surface area contributed by atoms with Crippen molar-refractivity contribution in [2.45, 2.75) is 19.1 Å². The average Bonchev–Trinajstić information content (AvgIpc) is 2.35. The Morgan fingerprint density at radius 1 is 1.80 bits per heavy atom. The number of fused-ring (bicyclic) bond motifs is 1. The molecule has 0 unspecified atom stereocenters. The average molecular weight is 144 g/mol. The minimum absolute atomic E-state index is 0.141. The van der Waals surface area contributed by atoms with Crippen LogP contribution in [0.25, 0.3) is 0 Å². The molecule has 54 valence electrons. The highest BCUT2D eigenvalue weighted by atomic mass is 19.1. The van der Waals surface area contributed by atoms with Crippen LogP contribution in [-0.2, 0) is 13.0 Å². The van der Waals surface area contributed by atoms with Crippen LogP contribution in [0.1, 0.15) is 5.69 Å². The Kier molecular flexibility index (Phi) is 0.947. The highest BCUT2D eigenvalue weighted by molar-refractivity contribution is 5.06. The van der Waals surface area contributed by atoms with Gasteiger partial charge in [-0.05, 0) is 0 Å². The first-order valence-corrected chi connectivity index (χ1v) is 2.97. The van der Waals surface area contributed by atoms with E-state index in [1.807, 2.05) is 0 Å². The molecule has 1 atom stereocenters. The van der Waals surface area contributed by atoms with Crippen molar-refractivity contribution in [1.82, 2.24) is 5.27 Å². The molecule has 2 heterocycles. The normalized spacial score (nSPS) is 23.1. The zero-order chi connectivity index (χ0) is 7.14. The molecule has 0 N–H and O–H groups in total. The summed E-state index contributed by atoms with van der Waals surface area (Å²) in [4.78, 5) is 0. The molecule has 0 aliphatic carbocycles. The monoisotopic (exact) mass is 144 g/mol. The second-order valence-electron chi connectivity index (χ2n) is 2.29. The maximum Gasteiger partial charge on any atom is 0.236 e. The zero-order valence-corrected chi connectivity index (χ0v) is 5.08. The number of hydrogen-bond donors (Lipinski definition) is 0. The van der Waals surface area contributed by atoms with Crippen molar-refractivity contribution in [2.75, 3.05) is 0 Å². The first-order chi connectivity index (χ1) is 4.77. The summed E-state index contributed by atoms with van der Waals surface area (Å²) in [5.74, 6) is -0.514. The van der Waals surface area contributed by atoms with E-state index in [2.05, 4.69) is 9.79 Å². The van der Waals surface area contributed by atoms with Gasteiger partial charge < -0.3 is 9.63 Å². The largest absolute Gasteiger partial charge is 0.539 e. The topological polar surface area (TPSA) is 53.0 Å². The van der Waals surface area contributed by atoms with Crippen molar-refractivity contribution in [1.29, 1.82) is 0 Å². The summed E-state index contributed by atoms with van der Waals surface area (Å²) in [5, 5.41) is 14.0. The van der Waals surface area contributed by atoms with E-state index in [1.54, 1.807) is 0 Å². The van der Waals surface area contributed by atoms with Crippen LogP contribution in [0.5, 0.6) is 5.95 Å². The first kappa shape index (κ1) is 5.64. The third-order valence-electron chi connectivity index (χ3n) is 1.56. The molecule has 0 radical (unpaired) electrons. The van der Waals surface area contributed by atoms with Gasteiger partial charge in [0.2, 0.25) is 12.2 Å². The van der Waals surface area contributed by atoms with E-state index in [0.717, 1.165) is 0 Å². The summed E-state index contributed by atoms with van der Waals surface area (Å²) >= 11 is 0. The van der Waals surface area contributed by atoms with Crippen molar-refractivity contribution in [2.24, 2.45) is 0 Å². The minimum atomic E-state index is -0.966. The molecule has 1 aliphatic rings. The standard InChI is InChI=1S/C5H5FN2O2/c6-3-1-4-5(9)10-7-8(4)2-3/h3H,1-2H2/t3-/m0/s1. The number of aromatic nitrogens is 2. The molecular formula is C5H5FN2O2. The lowest BCUT2D eigenvalue weighted by Gasteiger charge is -1.88. The first-order valence-electron chi connectivity index (χ1n) is 2.97. The van der Waals surface area contributed by atoms with Crippen LogP contribution in [0.4, 0.5) is 4.39 Å². The van der Waals surface area contributed by atoms with Crippen LogP contribution in [-0.4, -0.2) is 11.4 Å². The second-order valence-corrected chi connectivity index (χ2v) is 2.29. The third-order valence-corrected chi connectivity index (χ3v) is 1.56. The number of halogens is 1. The van der Waals surface area contributed by atoms with Crippen molar-refractivity contribution in [3.63, 3.8) is 0 Å². The number of rotatable bonds is 0. The summed E-state index contributed by atoms with van der Waals surface area (Å²) in [5.41, 5.74) is 0.340. The lowest BCUT2D eigenvalue weighted by Crippen LogP contribution is -2.35. The molecule has 0 aromatic carbocycles. The lowest BCUT2D eigenvalue weighted by molar-refractivity contribution is -0.759. The quantitative estimate of drug-likeness (QED) is 0.435. The van der Waals surface area contributed by atoms with E-state index in [-0.39, 0.29) is 13.0 Å². The van der Waals surface area contributed by atoms with Gasteiger partial charge in [-0.2, -0.15) is 0 Å². The molecule has 2 rings (SSSR count). The Labute approximate surface area is 55.8 Å². The van der Waals surface area contributed by atoms with E-state index in [0.29, 0.717) is 5.69 Å². The highest BCUT2D eigenvalue weighted by Crippen LogP contribution is 2.16. The Morgan fingerprint density at radius 3 is 3.30 bits per heavy atom. The van der Waals surface area contributed by atoms with Crippen LogP contribution in [0.15, 0.2) is 4.52 Å². The molecule has 0 saturated carbocycles. The van der Waals surface area contributed by atoms with Gasteiger partial charge >= 0.3 is 0 Å².